The zero-order valence-corrected chi connectivity index (χ0v) is 14.2. The summed E-state index contributed by atoms with van der Waals surface area (Å²) in [4.78, 5) is 0. The van der Waals surface area contributed by atoms with Gasteiger partial charge in [-0.3, -0.25) is 0 Å². The Bertz CT molecular complexity index is 610. The zero-order valence-electron chi connectivity index (χ0n) is 11.1. The third-order valence-corrected chi connectivity index (χ3v) is 5.13. The first-order valence-corrected chi connectivity index (χ1v) is 8.19. The molecule has 0 radical (unpaired) electrons. The smallest absolute Gasteiger partial charge is 0.137 e. The molecule has 2 aromatic carbocycles. The summed E-state index contributed by atoms with van der Waals surface area (Å²) in [5, 5.41) is 0. The van der Waals surface area contributed by atoms with Gasteiger partial charge in [0, 0.05) is 17.2 Å². The van der Waals surface area contributed by atoms with Gasteiger partial charge in [-0.2, -0.15) is 0 Å². The lowest BCUT2D eigenvalue weighted by molar-refractivity contribution is 0.532. The molecule has 21 heavy (non-hydrogen) atoms. The Morgan fingerprint density at radius 3 is 2.10 bits per heavy atom. The fraction of sp³-hybridized carbons (Fsp3) is 0.250. The van der Waals surface area contributed by atoms with E-state index in [0.29, 0.717) is 10.9 Å². The summed E-state index contributed by atoms with van der Waals surface area (Å²) >= 11 is 15.5. The van der Waals surface area contributed by atoms with Gasteiger partial charge in [-0.05, 0) is 57.7 Å². The third-order valence-electron chi connectivity index (χ3n) is 3.49. The normalized spacial score (nSPS) is 11.7. The second-order valence-electron chi connectivity index (χ2n) is 4.98. The summed E-state index contributed by atoms with van der Waals surface area (Å²) in [5.41, 5.74) is 1.26. The molecule has 0 amide bonds. The summed E-state index contributed by atoms with van der Waals surface area (Å²) < 4.78 is 26.8. The molecule has 0 nitrogen and oxygen atoms in total. The molecule has 2 rings (SSSR count). The maximum absolute atomic E-state index is 13.3. The topological polar surface area (TPSA) is 0 Å². The van der Waals surface area contributed by atoms with Gasteiger partial charge in [0.1, 0.15) is 11.6 Å². The molecule has 112 valence electrons. The predicted molar refractivity (Wildman–Crippen MR) is 87.3 cm³/mol. The average Bonchev–Trinajstić information content (AvgIpc) is 2.49. The number of benzene rings is 2. The Kier molecular flexibility index (Phi) is 5.64. The van der Waals surface area contributed by atoms with Crippen LogP contribution in [-0.2, 0) is 11.8 Å². The van der Waals surface area contributed by atoms with Crippen LogP contribution in [0.15, 0.2) is 46.9 Å². The fourth-order valence-corrected chi connectivity index (χ4v) is 3.44. The van der Waals surface area contributed by atoms with Gasteiger partial charge >= 0.3 is 0 Å². The second kappa shape index (κ2) is 7.08. The van der Waals surface area contributed by atoms with Crippen molar-refractivity contribution < 1.29 is 8.78 Å². The molecule has 0 spiro atoms. The number of alkyl halides is 2. The van der Waals surface area contributed by atoms with E-state index in [9.17, 15) is 8.78 Å². The Morgan fingerprint density at radius 1 is 0.952 bits per heavy atom. The number of hydrogen-bond acceptors (Lipinski definition) is 0. The van der Waals surface area contributed by atoms with E-state index in [0.717, 1.165) is 11.1 Å². The van der Waals surface area contributed by atoms with E-state index in [-0.39, 0.29) is 23.4 Å². The Labute approximate surface area is 141 Å². The Hall–Kier alpha value is -0.640. The molecule has 0 aliphatic heterocycles. The van der Waals surface area contributed by atoms with Crippen LogP contribution < -0.4 is 0 Å². The van der Waals surface area contributed by atoms with Crippen LogP contribution in [0.25, 0.3) is 0 Å². The molecule has 0 saturated heterocycles. The molecule has 0 aliphatic carbocycles. The minimum Gasteiger partial charge on any atom is -0.207 e. The van der Waals surface area contributed by atoms with Crippen molar-refractivity contribution in [3.05, 3.63) is 69.7 Å². The van der Waals surface area contributed by atoms with Crippen molar-refractivity contribution in [1.29, 1.82) is 0 Å². The fourth-order valence-electron chi connectivity index (χ4n) is 2.23. The molecule has 0 heterocycles. The predicted octanol–water partition coefficient (Wildman–Crippen LogP) is 5.69. The van der Waals surface area contributed by atoms with Crippen LogP contribution in [0.4, 0.5) is 8.78 Å². The highest BCUT2D eigenvalue weighted by Gasteiger charge is 2.31. The molecular weight excluding hydrogens is 381 g/mol. The highest BCUT2D eigenvalue weighted by molar-refractivity contribution is 9.10. The number of hydrogen-bond donors (Lipinski definition) is 0. The molecule has 0 saturated carbocycles. The summed E-state index contributed by atoms with van der Waals surface area (Å²) in [7, 11) is 0. The van der Waals surface area contributed by atoms with E-state index in [1.807, 2.05) is 0 Å². The van der Waals surface area contributed by atoms with E-state index < -0.39 is 5.41 Å². The highest BCUT2D eigenvalue weighted by Crippen LogP contribution is 2.33. The van der Waals surface area contributed by atoms with E-state index >= 15 is 0 Å². The lowest BCUT2D eigenvalue weighted by Crippen LogP contribution is -2.33. The van der Waals surface area contributed by atoms with Gasteiger partial charge < -0.3 is 0 Å². The average molecular weight is 394 g/mol. The van der Waals surface area contributed by atoms with Gasteiger partial charge in [0.25, 0.3) is 0 Å². The first-order valence-electron chi connectivity index (χ1n) is 6.33. The molecule has 0 bridgehead atoms. The molecule has 0 N–H and O–H groups in total. The largest absolute Gasteiger partial charge is 0.207 e. The van der Waals surface area contributed by atoms with Crippen molar-refractivity contribution in [2.75, 3.05) is 11.8 Å². The van der Waals surface area contributed by atoms with Gasteiger partial charge in [-0.25, -0.2) is 8.78 Å². The van der Waals surface area contributed by atoms with Crippen LogP contribution in [0, 0.1) is 11.6 Å². The van der Waals surface area contributed by atoms with Crippen LogP contribution in [-0.4, -0.2) is 11.8 Å². The monoisotopic (exact) mass is 392 g/mol. The molecule has 0 aliphatic rings. The van der Waals surface area contributed by atoms with E-state index in [1.165, 1.54) is 18.2 Å². The maximum atomic E-state index is 13.3. The van der Waals surface area contributed by atoms with Crippen LogP contribution in [0.2, 0.25) is 0 Å². The molecule has 0 fully saturated rings. The number of halogens is 5. The lowest BCUT2D eigenvalue weighted by Gasteiger charge is -2.30. The molecule has 0 unspecified atom stereocenters. The van der Waals surface area contributed by atoms with Gasteiger partial charge in [0.15, 0.2) is 0 Å². The second-order valence-corrected chi connectivity index (χ2v) is 6.37. The quantitative estimate of drug-likeness (QED) is 0.572. The van der Waals surface area contributed by atoms with Crippen molar-refractivity contribution in [2.24, 2.45) is 0 Å². The summed E-state index contributed by atoms with van der Waals surface area (Å²) in [6.45, 7) is 0. The molecule has 0 atom stereocenters. The van der Waals surface area contributed by atoms with E-state index in [1.54, 1.807) is 24.3 Å². The van der Waals surface area contributed by atoms with Gasteiger partial charge in [-0.1, -0.05) is 18.2 Å². The van der Waals surface area contributed by atoms with Crippen molar-refractivity contribution in [2.45, 2.75) is 11.8 Å². The molecule has 2 aromatic rings. The van der Waals surface area contributed by atoms with E-state index in [2.05, 4.69) is 15.9 Å². The van der Waals surface area contributed by atoms with Crippen LogP contribution in [0.5, 0.6) is 0 Å². The summed E-state index contributed by atoms with van der Waals surface area (Å²) in [5.74, 6) is -0.0435. The van der Waals surface area contributed by atoms with Crippen molar-refractivity contribution >= 4 is 39.1 Å². The Morgan fingerprint density at radius 2 is 1.57 bits per heavy atom. The van der Waals surface area contributed by atoms with Crippen LogP contribution >= 0.6 is 39.1 Å². The van der Waals surface area contributed by atoms with Gasteiger partial charge in [0.05, 0.1) is 4.47 Å². The summed E-state index contributed by atoms with van der Waals surface area (Å²) in [6, 6.07) is 11.0. The standard InChI is InChI=1S/C16H13BrCl2F2/c17-14-7-11(1-6-15(14)21)8-16(9-18,10-19)12-2-4-13(20)5-3-12/h1-7H,8-10H2. The summed E-state index contributed by atoms with van der Waals surface area (Å²) in [6.07, 6.45) is 0.546. The minimum atomic E-state index is -0.520. The molecule has 0 aromatic heterocycles. The van der Waals surface area contributed by atoms with Crippen molar-refractivity contribution in [3.8, 4) is 0 Å². The van der Waals surface area contributed by atoms with Gasteiger partial charge in [-0.15, -0.1) is 23.2 Å². The zero-order chi connectivity index (χ0) is 15.5. The maximum Gasteiger partial charge on any atom is 0.137 e. The first kappa shape index (κ1) is 16.7. The Balaban J connectivity index is 2.37. The molecule has 5 heteroatoms. The molecular formula is C16H13BrCl2F2. The van der Waals surface area contributed by atoms with Crippen LogP contribution in [0.3, 0.4) is 0 Å². The van der Waals surface area contributed by atoms with Gasteiger partial charge in [0.2, 0.25) is 0 Å². The SMILES string of the molecule is Fc1ccc(C(CCl)(CCl)Cc2ccc(F)c(Br)c2)cc1. The third kappa shape index (κ3) is 3.77. The lowest BCUT2D eigenvalue weighted by atomic mass is 9.79. The van der Waals surface area contributed by atoms with Crippen molar-refractivity contribution in [1.82, 2.24) is 0 Å². The minimum absolute atomic E-state index is 0.289. The number of rotatable bonds is 5. The van der Waals surface area contributed by atoms with Crippen LogP contribution in [0.1, 0.15) is 11.1 Å². The van der Waals surface area contributed by atoms with E-state index in [4.69, 9.17) is 23.2 Å². The first-order chi connectivity index (χ1) is 10.0. The highest BCUT2D eigenvalue weighted by atomic mass is 79.9. The van der Waals surface area contributed by atoms with Crippen molar-refractivity contribution in [3.63, 3.8) is 0 Å².